The van der Waals surface area contributed by atoms with E-state index >= 15 is 4.39 Å². The number of rotatable bonds is 9. The van der Waals surface area contributed by atoms with Crippen LogP contribution >= 0.6 is 11.6 Å². The van der Waals surface area contributed by atoms with Gasteiger partial charge in [-0.15, -0.1) is 0 Å². The fraction of sp³-hybridized carbons (Fsp3) is 0.769. The first-order valence-corrected chi connectivity index (χ1v) is 13.1. The van der Waals surface area contributed by atoms with Crippen molar-refractivity contribution in [3.63, 3.8) is 0 Å². The summed E-state index contributed by atoms with van der Waals surface area (Å²) in [5.74, 6) is -0.617. The van der Waals surface area contributed by atoms with E-state index in [0.717, 1.165) is 37.2 Å². The van der Waals surface area contributed by atoms with Crippen molar-refractivity contribution in [2.45, 2.75) is 108 Å². The van der Waals surface area contributed by atoms with Crippen LogP contribution in [-0.2, 0) is 0 Å². The second kappa shape index (κ2) is 11.9. The van der Waals surface area contributed by atoms with Crippen LogP contribution in [0.1, 0.15) is 95.5 Å². The fourth-order valence-corrected chi connectivity index (χ4v) is 5.97. The average Bonchev–Trinajstić information content (AvgIpc) is 2.81. The smallest absolute Gasteiger partial charge is 0.425 e. The topological polar surface area (TPSA) is 9.23 Å². The summed E-state index contributed by atoms with van der Waals surface area (Å²) in [6.07, 6.45) is -2.69. The van der Waals surface area contributed by atoms with Crippen molar-refractivity contribution in [2.24, 2.45) is 17.8 Å². The Morgan fingerprint density at radius 1 is 0.857 bits per heavy atom. The molecule has 1 aromatic carbocycles. The SMILES string of the molecule is CCCC1CCC(CCC2CCC(c3ccc(Cl)c(OC(F)(F)C(F)C(F)(F)F)c3F)CC2)CC1. The highest BCUT2D eigenvalue weighted by Gasteiger charge is 2.59. The third-order valence-corrected chi connectivity index (χ3v) is 8.13. The number of benzene rings is 1. The first kappa shape index (κ1) is 28.4. The van der Waals surface area contributed by atoms with Gasteiger partial charge >= 0.3 is 12.3 Å². The van der Waals surface area contributed by atoms with Gasteiger partial charge in [-0.05, 0) is 61.0 Å². The van der Waals surface area contributed by atoms with Gasteiger partial charge in [-0.1, -0.05) is 76.0 Å². The molecule has 0 aliphatic heterocycles. The lowest BCUT2D eigenvalue weighted by Crippen LogP contribution is -2.45. The minimum atomic E-state index is -5.86. The minimum Gasteiger partial charge on any atom is -0.425 e. The van der Waals surface area contributed by atoms with E-state index in [2.05, 4.69) is 11.7 Å². The minimum absolute atomic E-state index is 0.0651. The molecule has 0 saturated heterocycles. The van der Waals surface area contributed by atoms with Crippen molar-refractivity contribution in [3.05, 3.63) is 28.5 Å². The van der Waals surface area contributed by atoms with Crippen LogP contribution in [0.15, 0.2) is 12.1 Å². The van der Waals surface area contributed by atoms with Crippen molar-refractivity contribution >= 4 is 11.6 Å². The van der Waals surface area contributed by atoms with Crippen LogP contribution < -0.4 is 4.74 Å². The summed E-state index contributed by atoms with van der Waals surface area (Å²) in [5.41, 5.74) is 0.0651. The molecule has 2 fully saturated rings. The Morgan fingerprint density at radius 2 is 1.34 bits per heavy atom. The summed E-state index contributed by atoms with van der Waals surface area (Å²) >= 11 is 5.73. The van der Waals surface area contributed by atoms with Gasteiger partial charge in [0.05, 0.1) is 5.02 Å². The molecule has 1 unspecified atom stereocenters. The van der Waals surface area contributed by atoms with Crippen LogP contribution in [-0.4, -0.2) is 18.5 Å². The summed E-state index contributed by atoms with van der Waals surface area (Å²) in [6.45, 7) is 2.23. The van der Waals surface area contributed by atoms with Crippen LogP contribution in [0.3, 0.4) is 0 Å². The largest absolute Gasteiger partial charge is 0.439 e. The highest BCUT2D eigenvalue weighted by molar-refractivity contribution is 6.32. The Hall–Kier alpha value is -1.18. The highest BCUT2D eigenvalue weighted by Crippen LogP contribution is 2.45. The standard InChI is InChI=1S/C26H34ClF7O/c1-2-3-16-4-6-17(7-5-16)8-9-18-10-12-19(13-11-18)20-14-15-21(27)23(22(20)28)35-26(33,34)24(29)25(30,31)32/h14-19,24H,2-13H2,1H3. The van der Waals surface area contributed by atoms with Crippen LogP contribution in [0.25, 0.3) is 0 Å². The Morgan fingerprint density at radius 3 is 1.83 bits per heavy atom. The van der Waals surface area contributed by atoms with Gasteiger partial charge in [0.25, 0.3) is 6.17 Å². The number of alkyl halides is 6. The van der Waals surface area contributed by atoms with Crippen molar-refractivity contribution in [2.75, 3.05) is 0 Å². The molecule has 0 radical (unpaired) electrons. The van der Waals surface area contributed by atoms with E-state index in [-0.39, 0.29) is 11.5 Å². The predicted octanol–water partition coefficient (Wildman–Crippen LogP) is 10.0. The van der Waals surface area contributed by atoms with E-state index < -0.39 is 35.0 Å². The molecule has 200 valence electrons. The monoisotopic (exact) mass is 530 g/mol. The van der Waals surface area contributed by atoms with Gasteiger partial charge < -0.3 is 4.74 Å². The zero-order valence-corrected chi connectivity index (χ0v) is 20.7. The fourth-order valence-electron chi connectivity index (χ4n) is 5.79. The molecule has 1 nitrogen and oxygen atoms in total. The van der Waals surface area contributed by atoms with Crippen molar-refractivity contribution in [1.82, 2.24) is 0 Å². The maximum absolute atomic E-state index is 15.0. The second-order valence-electron chi connectivity index (χ2n) is 10.3. The van der Waals surface area contributed by atoms with E-state index in [1.807, 2.05) is 0 Å². The summed E-state index contributed by atoms with van der Waals surface area (Å²) < 4.78 is 96.9. The summed E-state index contributed by atoms with van der Waals surface area (Å²) in [6, 6.07) is 2.45. The van der Waals surface area contributed by atoms with E-state index in [0.29, 0.717) is 18.8 Å². The lowest BCUT2D eigenvalue weighted by atomic mass is 9.74. The first-order chi connectivity index (χ1) is 16.4. The van der Waals surface area contributed by atoms with Gasteiger partial charge in [-0.2, -0.15) is 22.0 Å². The predicted molar refractivity (Wildman–Crippen MR) is 122 cm³/mol. The van der Waals surface area contributed by atoms with Crippen LogP contribution in [0, 0.1) is 23.6 Å². The Labute approximate surface area is 207 Å². The third kappa shape index (κ3) is 7.42. The van der Waals surface area contributed by atoms with Gasteiger partial charge in [0.2, 0.25) is 0 Å². The van der Waals surface area contributed by atoms with Crippen LogP contribution in [0.5, 0.6) is 5.75 Å². The lowest BCUT2D eigenvalue weighted by Gasteiger charge is -2.32. The van der Waals surface area contributed by atoms with Gasteiger partial charge in [0.1, 0.15) is 0 Å². The van der Waals surface area contributed by atoms with Gasteiger partial charge in [-0.3, -0.25) is 0 Å². The Bertz CT molecular complexity index is 813. The van der Waals surface area contributed by atoms with Crippen LogP contribution in [0.4, 0.5) is 30.7 Å². The van der Waals surface area contributed by atoms with Crippen molar-refractivity contribution < 1.29 is 35.5 Å². The molecular formula is C26H34ClF7O. The van der Waals surface area contributed by atoms with Gasteiger partial charge in [0.15, 0.2) is 11.6 Å². The zero-order chi connectivity index (χ0) is 25.8. The van der Waals surface area contributed by atoms with Gasteiger partial charge in [0, 0.05) is 0 Å². The van der Waals surface area contributed by atoms with E-state index in [1.54, 1.807) is 0 Å². The molecule has 3 rings (SSSR count). The molecule has 0 heterocycles. The highest BCUT2D eigenvalue weighted by atomic mass is 35.5. The summed E-state index contributed by atoms with van der Waals surface area (Å²) in [4.78, 5) is 0. The van der Waals surface area contributed by atoms with E-state index in [4.69, 9.17) is 11.6 Å². The number of hydrogen-bond acceptors (Lipinski definition) is 1. The van der Waals surface area contributed by atoms with E-state index in [9.17, 15) is 26.3 Å². The molecule has 0 N–H and O–H groups in total. The van der Waals surface area contributed by atoms with Crippen molar-refractivity contribution in [1.29, 1.82) is 0 Å². The van der Waals surface area contributed by atoms with E-state index in [1.165, 1.54) is 51.0 Å². The average molecular weight is 531 g/mol. The van der Waals surface area contributed by atoms with Crippen molar-refractivity contribution in [3.8, 4) is 5.75 Å². The molecule has 2 saturated carbocycles. The lowest BCUT2D eigenvalue weighted by molar-refractivity contribution is -0.305. The normalized spacial score (nSPS) is 27.0. The molecule has 1 aromatic rings. The zero-order valence-electron chi connectivity index (χ0n) is 20.0. The quantitative estimate of drug-likeness (QED) is 0.289. The Balaban J connectivity index is 1.55. The molecule has 35 heavy (non-hydrogen) atoms. The van der Waals surface area contributed by atoms with Crippen LogP contribution in [0.2, 0.25) is 5.02 Å². The summed E-state index contributed by atoms with van der Waals surface area (Å²) in [7, 11) is 0. The number of halogens is 8. The molecule has 2 aliphatic carbocycles. The Kier molecular flexibility index (Phi) is 9.66. The number of ether oxygens (including phenoxy) is 1. The molecule has 0 aromatic heterocycles. The third-order valence-electron chi connectivity index (χ3n) is 7.83. The molecular weight excluding hydrogens is 497 g/mol. The number of hydrogen-bond donors (Lipinski definition) is 0. The molecule has 0 amide bonds. The molecule has 0 spiro atoms. The van der Waals surface area contributed by atoms with Gasteiger partial charge in [-0.25, -0.2) is 8.78 Å². The maximum Gasteiger partial charge on any atom is 0.439 e. The summed E-state index contributed by atoms with van der Waals surface area (Å²) in [5, 5.41) is -0.636. The molecule has 0 bridgehead atoms. The molecule has 9 heteroatoms. The molecule has 2 aliphatic rings. The maximum atomic E-state index is 15.0. The molecule has 1 atom stereocenters. The second-order valence-corrected chi connectivity index (χ2v) is 10.7. The first-order valence-electron chi connectivity index (χ1n) is 12.7.